The molecule has 0 aliphatic heterocycles. The van der Waals surface area contributed by atoms with E-state index >= 15 is 0 Å². The molecule has 3 aromatic heterocycles. The summed E-state index contributed by atoms with van der Waals surface area (Å²) in [4.78, 5) is 16.4. The fourth-order valence-corrected chi connectivity index (χ4v) is 3.20. The number of halogens is 1. The Bertz CT molecular complexity index is 1400. The molecule has 5 aromatic rings. The lowest BCUT2D eigenvalue weighted by molar-refractivity contribution is 0.262. The van der Waals surface area contributed by atoms with Crippen LogP contribution in [0.2, 0.25) is 0 Å². The molecule has 2 amide bonds. The predicted molar refractivity (Wildman–Crippen MR) is 118 cm³/mol. The Hall–Kier alpha value is -4.66. The summed E-state index contributed by atoms with van der Waals surface area (Å²) in [6, 6.07) is 19.8. The SMILES string of the molecule is O=C(Nc1ccc(F)cc1)Nc1cccc(-c2ccc3nnc(-c4cccnc4)n3n2)c1. The molecule has 0 saturated carbocycles. The minimum absolute atomic E-state index is 0.368. The number of carbonyl (C=O) groups excluding carboxylic acids is 1. The second kappa shape index (κ2) is 8.23. The van der Waals surface area contributed by atoms with Gasteiger partial charge in [0.05, 0.1) is 5.69 Å². The number of amides is 2. The van der Waals surface area contributed by atoms with Gasteiger partial charge in [-0.2, -0.15) is 9.61 Å². The maximum Gasteiger partial charge on any atom is 0.323 e. The number of hydrogen-bond donors (Lipinski definition) is 2. The number of aromatic nitrogens is 5. The monoisotopic (exact) mass is 425 g/mol. The van der Waals surface area contributed by atoms with Crippen LogP contribution in [-0.4, -0.2) is 30.8 Å². The Morgan fingerprint density at radius 1 is 0.844 bits per heavy atom. The van der Waals surface area contributed by atoms with E-state index in [9.17, 15) is 9.18 Å². The molecule has 0 radical (unpaired) electrons. The van der Waals surface area contributed by atoms with Gasteiger partial charge in [0.15, 0.2) is 11.5 Å². The first kappa shape index (κ1) is 19.3. The highest BCUT2D eigenvalue weighted by Gasteiger charge is 2.11. The largest absolute Gasteiger partial charge is 0.323 e. The highest BCUT2D eigenvalue weighted by atomic mass is 19.1. The molecule has 9 heteroatoms. The van der Waals surface area contributed by atoms with E-state index in [2.05, 4.69) is 30.9 Å². The van der Waals surface area contributed by atoms with Crippen molar-refractivity contribution in [3.05, 3.63) is 91.0 Å². The lowest BCUT2D eigenvalue weighted by Crippen LogP contribution is -2.19. The summed E-state index contributed by atoms with van der Waals surface area (Å²) >= 11 is 0. The Labute approximate surface area is 181 Å². The van der Waals surface area contributed by atoms with Crippen molar-refractivity contribution in [3.63, 3.8) is 0 Å². The number of fused-ring (bicyclic) bond motifs is 1. The summed E-state index contributed by atoms with van der Waals surface area (Å²) in [5, 5.41) is 18.5. The molecule has 2 aromatic carbocycles. The first-order valence-corrected chi connectivity index (χ1v) is 9.72. The van der Waals surface area contributed by atoms with Crippen LogP contribution in [-0.2, 0) is 0 Å². The van der Waals surface area contributed by atoms with Crippen LogP contribution in [0, 0.1) is 5.82 Å². The van der Waals surface area contributed by atoms with Crippen molar-refractivity contribution >= 4 is 23.1 Å². The number of nitrogens with one attached hydrogen (secondary N) is 2. The second-order valence-electron chi connectivity index (χ2n) is 6.92. The number of carbonyl (C=O) groups is 1. The molecule has 0 aliphatic rings. The highest BCUT2D eigenvalue weighted by molar-refractivity contribution is 6.00. The molecule has 156 valence electrons. The average molecular weight is 425 g/mol. The van der Waals surface area contributed by atoms with Gasteiger partial charge in [-0.25, -0.2) is 9.18 Å². The van der Waals surface area contributed by atoms with Gasteiger partial charge in [-0.05, 0) is 60.7 Å². The Balaban J connectivity index is 1.40. The van der Waals surface area contributed by atoms with E-state index in [1.165, 1.54) is 24.3 Å². The predicted octanol–water partition coefficient (Wildman–Crippen LogP) is 4.64. The van der Waals surface area contributed by atoms with E-state index in [1.54, 1.807) is 23.0 Å². The van der Waals surface area contributed by atoms with Crippen LogP contribution in [0.1, 0.15) is 0 Å². The minimum Gasteiger partial charge on any atom is -0.308 e. The number of nitrogens with zero attached hydrogens (tertiary/aromatic N) is 5. The zero-order valence-corrected chi connectivity index (χ0v) is 16.6. The van der Waals surface area contributed by atoms with Crippen molar-refractivity contribution in [2.24, 2.45) is 0 Å². The summed E-state index contributed by atoms with van der Waals surface area (Å²) < 4.78 is 14.7. The molecule has 0 aliphatic carbocycles. The summed E-state index contributed by atoms with van der Waals surface area (Å²) in [7, 11) is 0. The van der Waals surface area contributed by atoms with Gasteiger partial charge < -0.3 is 10.6 Å². The average Bonchev–Trinajstić information content (AvgIpc) is 3.25. The normalized spacial score (nSPS) is 10.8. The van der Waals surface area contributed by atoms with E-state index in [-0.39, 0.29) is 5.82 Å². The maximum atomic E-state index is 13.0. The van der Waals surface area contributed by atoms with E-state index in [0.29, 0.717) is 28.5 Å². The van der Waals surface area contributed by atoms with E-state index in [4.69, 9.17) is 0 Å². The van der Waals surface area contributed by atoms with Crippen LogP contribution >= 0.6 is 0 Å². The third-order valence-corrected chi connectivity index (χ3v) is 4.70. The van der Waals surface area contributed by atoms with Gasteiger partial charge in [-0.1, -0.05) is 12.1 Å². The molecule has 0 atom stereocenters. The van der Waals surface area contributed by atoms with Crippen LogP contribution in [0.5, 0.6) is 0 Å². The number of pyridine rings is 1. The first-order chi connectivity index (χ1) is 15.7. The summed E-state index contributed by atoms with van der Waals surface area (Å²) in [6.45, 7) is 0. The third-order valence-electron chi connectivity index (χ3n) is 4.70. The van der Waals surface area contributed by atoms with Gasteiger partial charge in [0.2, 0.25) is 0 Å². The van der Waals surface area contributed by atoms with E-state index in [1.807, 2.05) is 42.5 Å². The van der Waals surface area contributed by atoms with E-state index in [0.717, 1.165) is 11.1 Å². The van der Waals surface area contributed by atoms with E-state index < -0.39 is 6.03 Å². The Morgan fingerprint density at radius 2 is 1.66 bits per heavy atom. The second-order valence-corrected chi connectivity index (χ2v) is 6.92. The standard InChI is InChI=1S/C23H16FN7O/c24-17-6-8-18(9-7-17)26-23(32)27-19-5-1-3-15(13-19)20-10-11-21-28-29-22(31(21)30-20)16-4-2-12-25-14-16/h1-14H,(H2,26,27,32). The topological polar surface area (TPSA) is 97.1 Å². The van der Waals surface area contributed by atoms with Crippen molar-refractivity contribution in [1.29, 1.82) is 0 Å². The molecule has 32 heavy (non-hydrogen) atoms. The lowest BCUT2D eigenvalue weighted by atomic mass is 10.1. The van der Waals surface area contributed by atoms with Gasteiger partial charge >= 0.3 is 6.03 Å². The molecular weight excluding hydrogens is 409 g/mol. The quantitative estimate of drug-likeness (QED) is 0.437. The van der Waals surface area contributed by atoms with Crippen molar-refractivity contribution in [2.75, 3.05) is 10.6 Å². The van der Waals surface area contributed by atoms with Gasteiger partial charge in [-0.15, -0.1) is 10.2 Å². The number of benzene rings is 2. The fraction of sp³-hybridized carbons (Fsp3) is 0. The summed E-state index contributed by atoms with van der Waals surface area (Å²) in [5.41, 5.74) is 3.98. The molecule has 3 heterocycles. The van der Waals surface area contributed by atoms with Gasteiger partial charge in [0.1, 0.15) is 5.82 Å². The molecule has 0 spiro atoms. The van der Waals surface area contributed by atoms with Crippen molar-refractivity contribution < 1.29 is 9.18 Å². The number of anilines is 2. The maximum absolute atomic E-state index is 13.0. The number of rotatable bonds is 4. The Morgan fingerprint density at radius 3 is 2.47 bits per heavy atom. The van der Waals surface area contributed by atoms with Crippen LogP contribution in [0.15, 0.2) is 85.2 Å². The summed E-state index contributed by atoms with van der Waals surface area (Å²) in [5.74, 6) is 0.218. The van der Waals surface area contributed by atoms with Crippen LogP contribution in [0.25, 0.3) is 28.3 Å². The highest BCUT2D eigenvalue weighted by Crippen LogP contribution is 2.23. The molecule has 0 bridgehead atoms. The van der Waals surface area contributed by atoms with Crippen LogP contribution in [0.3, 0.4) is 0 Å². The van der Waals surface area contributed by atoms with Crippen molar-refractivity contribution in [3.8, 4) is 22.6 Å². The Kier molecular flexibility index (Phi) is 4.97. The van der Waals surface area contributed by atoms with Crippen molar-refractivity contribution in [2.45, 2.75) is 0 Å². The molecule has 2 N–H and O–H groups in total. The minimum atomic E-state index is -0.435. The number of hydrogen-bond acceptors (Lipinski definition) is 5. The third kappa shape index (κ3) is 3.99. The van der Waals surface area contributed by atoms with Gasteiger partial charge in [-0.3, -0.25) is 4.98 Å². The lowest BCUT2D eigenvalue weighted by Gasteiger charge is -2.09. The molecule has 5 rings (SSSR count). The van der Waals surface area contributed by atoms with Gasteiger partial charge in [0.25, 0.3) is 0 Å². The van der Waals surface area contributed by atoms with Crippen LogP contribution < -0.4 is 10.6 Å². The number of urea groups is 1. The zero-order chi connectivity index (χ0) is 21.9. The van der Waals surface area contributed by atoms with Crippen LogP contribution in [0.4, 0.5) is 20.6 Å². The molecule has 8 nitrogen and oxygen atoms in total. The fourth-order valence-electron chi connectivity index (χ4n) is 3.20. The smallest absolute Gasteiger partial charge is 0.308 e. The molecule has 0 saturated heterocycles. The van der Waals surface area contributed by atoms with Gasteiger partial charge in [0, 0.05) is 34.9 Å². The summed E-state index contributed by atoms with van der Waals surface area (Å²) in [6.07, 6.45) is 3.39. The zero-order valence-electron chi connectivity index (χ0n) is 16.6. The molecule has 0 fully saturated rings. The van der Waals surface area contributed by atoms with Crippen molar-refractivity contribution in [1.82, 2.24) is 24.8 Å². The first-order valence-electron chi connectivity index (χ1n) is 9.72. The molecular formula is C23H16FN7O. The molecule has 0 unspecified atom stereocenters.